The molecule has 0 atom stereocenters. The molecular formula is C14H12F3N3O. The zero-order valence-electron chi connectivity index (χ0n) is 11.0. The van der Waals surface area contributed by atoms with Crippen molar-refractivity contribution in [2.24, 2.45) is 0 Å². The Morgan fingerprint density at radius 3 is 2.33 bits per heavy atom. The molecule has 2 aromatic carbocycles. The van der Waals surface area contributed by atoms with Gasteiger partial charge in [-0.1, -0.05) is 0 Å². The minimum absolute atomic E-state index is 0.180. The molecule has 0 aromatic heterocycles. The van der Waals surface area contributed by atoms with Crippen LogP contribution in [0.2, 0.25) is 0 Å². The SMILES string of the molecule is CNC(=O)c1ccc(N)cc1Nc1cc(F)c(F)cc1F. The maximum Gasteiger partial charge on any atom is 0.253 e. The molecule has 0 saturated carbocycles. The Hall–Kier alpha value is -2.70. The average Bonchev–Trinajstić information content (AvgIpc) is 2.44. The molecule has 0 saturated heterocycles. The van der Waals surface area contributed by atoms with Gasteiger partial charge in [-0.15, -0.1) is 0 Å². The number of rotatable bonds is 3. The molecular weight excluding hydrogens is 283 g/mol. The van der Waals surface area contributed by atoms with E-state index in [-0.39, 0.29) is 16.9 Å². The van der Waals surface area contributed by atoms with Gasteiger partial charge in [-0.25, -0.2) is 13.2 Å². The van der Waals surface area contributed by atoms with Crippen LogP contribution in [0.4, 0.5) is 30.2 Å². The first-order chi connectivity index (χ1) is 9.92. The molecule has 0 bridgehead atoms. The summed E-state index contributed by atoms with van der Waals surface area (Å²) in [5.74, 6) is -3.92. The van der Waals surface area contributed by atoms with Gasteiger partial charge in [0.05, 0.1) is 16.9 Å². The van der Waals surface area contributed by atoms with Crippen LogP contribution in [0.5, 0.6) is 0 Å². The summed E-state index contributed by atoms with van der Waals surface area (Å²) in [6.07, 6.45) is 0. The van der Waals surface area contributed by atoms with E-state index >= 15 is 0 Å². The summed E-state index contributed by atoms with van der Waals surface area (Å²) in [5.41, 5.74) is 6.01. The molecule has 0 aliphatic carbocycles. The number of carbonyl (C=O) groups excluding carboxylic acids is 1. The second-order valence-corrected chi connectivity index (χ2v) is 4.26. The van der Waals surface area contributed by atoms with Crippen LogP contribution in [0.1, 0.15) is 10.4 Å². The van der Waals surface area contributed by atoms with E-state index in [9.17, 15) is 18.0 Å². The Balaban J connectivity index is 2.46. The molecule has 110 valence electrons. The molecule has 21 heavy (non-hydrogen) atoms. The number of nitrogen functional groups attached to an aromatic ring is 1. The van der Waals surface area contributed by atoms with Crippen molar-refractivity contribution in [2.45, 2.75) is 0 Å². The van der Waals surface area contributed by atoms with E-state index in [2.05, 4.69) is 10.6 Å². The lowest BCUT2D eigenvalue weighted by molar-refractivity contribution is 0.0964. The average molecular weight is 295 g/mol. The fourth-order valence-corrected chi connectivity index (χ4v) is 1.76. The van der Waals surface area contributed by atoms with Crippen LogP contribution in [0.3, 0.4) is 0 Å². The summed E-state index contributed by atoms with van der Waals surface area (Å²) in [6, 6.07) is 5.42. The van der Waals surface area contributed by atoms with E-state index in [4.69, 9.17) is 5.73 Å². The minimum Gasteiger partial charge on any atom is -0.399 e. The Morgan fingerprint density at radius 1 is 1.00 bits per heavy atom. The van der Waals surface area contributed by atoms with Gasteiger partial charge in [-0.2, -0.15) is 0 Å². The van der Waals surface area contributed by atoms with Gasteiger partial charge >= 0.3 is 0 Å². The molecule has 0 aliphatic heterocycles. The van der Waals surface area contributed by atoms with E-state index in [0.717, 1.165) is 0 Å². The maximum atomic E-state index is 13.6. The van der Waals surface area contributed by atoms with Crippen molar-refractivity contribution in [2.75, 3.05) is 18.1 Å². The molecule has 0 radical (unpaired) electrons. The molecule has 0 aliphatic rings. The molecule has 0 spiro atoms. The van der Waals surface area contributed by atoms with Gasteiger partial charge in [0.15, 0.2) is 11.6 Å². The molecule has 4 nitrogen and oxygen atoms in total. The number of nitrogens with one attached hydrogen (secondary N) is 2. The van der Waals surface area contributed by atoms with Gasteiger partial charge in [0.1, 0.15) is 5.82 Å². The molecule has 0 unspecified atom stereocenters. The lowest BCUT2D eigenvalue weighted by Gasteiger charge is -2.13. The highest BCUT2D eigenvalue weighted by molar-refractivity contribution is 6.00. The molecule has 0 fully saturated rings. The normalized spacial score (nSPS) is 10.3. The monoisotopic (exact) mass is 295 g/mol. The first kappa shape index (κ1) is 14.7. The van der Waals surface area contributed by atoms with Crippen molar-refractivity contribution in [1.82, 2.24) is 5.32 Å². The first-order valence-electron chi connectivity index (χ1n) is 5.95. The Morgan fingerprint density at radius 2 is 1.67 bits per heavy atom. The van der Waals surface area contributed by atoms with E-state index < -0.39 is 23.4 Å². The number of amides is 1. The molecule has 2 rings (SSSR count). The van der Waals surface area contributed by atoms with Crippen LogP contribution in [-0.4, -0.2) is 13.0 Å². The number of benzene rings is 2. The van der Waals surface area contributed by atoms with Crippen LogP contribution >= 0.6 is 0 Å². The van der Waals surface area contributed by atoms with E-state index in [1.54, 1.807) is 0 Å². The van der Waals surface area contributed by atoms with Crippen LogP contribution in [-0.2, 0) is 0 Å². The second kappa shape index (κ2) is 5.74. The van der Waals surface area contributed by atoms with Crippen molar-refractivity contribution in [1.29, 1.82) is 0 Å². The second-order valence-electron chi connectivity index (χ2n) is 4.26. The third-order valence-electron chi connectivity index (χ3n) is 2.79. The highest BCUT2D eigenvalue weighted by Gasteiger charge is 2.14. The van der Waals surface area contributed by atoms with Gasteiger partial charge in [-0.3, -0.25) is 4.79 Å². The van der Waals surface area contributed by atoms with Crippen molar-refractivity contribution < 1.29 is 18.0 Å². The minimum atomic E-state index is -1.29. The predicted molar refractivity (Wildman–Crippen MR) is 73.8 cm³/mol. The van der Waals surface area contributed by atoms with E-state index in [0.29, 0.717) is 17.8 Å². The Kier molecular flexibility index (Phi) is 4.02. The van der Waals surface area contributed by atoms with Crippen LogP contribution in [0, 0.1) is 17.5 Å². The largest absolute Gasteiger partial charge is 0.399 e. The maximum absolute atomic E-state index is 13.6. The number of hydrogen-bond donors (Lipinski definition) is 3. The summed E-state index contributed by atoms with van der Waals surface area (Å²) in [7, 11) is 1.43. The summed E-state index contributed by atoms with van der Waals surface area (Å²) in [4.78, 5) is 11.7. The summed E-state index contributed by atoms with van der Waals surface area (Å²) in [6.45, 7) is 0. The van der Waals surface area contributed by atoms with Gasteiger partial charge in [-0.05, 0) is 18.2 Å². The summed E-state index contributed by atoms with van der Waals surface area (Å²) < 4.78 is 39.7. The lowest BCUT2D eigenvalue weighted by Crippen LogP contribution is -2.19. The highest BCUT2D eigenvalue weighted by Crippen LogP contribution is 2.26. The molecule has 1 amide bonds. The number of nitrogens with two attached hydrogens (primary N) is 1. The lowest BCUT2D eigenvalue weighted by atomic mass is 10.1. The fraction of sp³-hybridized carbons (Fsp3) is 0.0714. The Bertz CT molecular complexity index is 704. The quantitative estimate of drug-likeness (QED) is 0.602. The third-order valence-corrected chi connectivity index (χ3v) is 2.79. The zero-order chi connectivity index (χ0) is 15.6. The van der Waals surface area contributed by atoms with Crippen molar-refractivity contribution in [3.63, 3.8) is 0 Å². The third kappa shape index (κ3) is 3.07. The van der Waals surface area contributed by atoms with Gasteiger partial charge in [0, 0.05) is 24.9 Å². The highest BCUT2D eigenvalue weighted by atomic mass is 19.2. The Labute approximate surface area is 118 Å². The van der Waals surface area contributed by atoms with E-state index in [1.165, 1.54) is 25.2 Å². The molecule has 4 N–H and O–H groups in total. The van der Waals surface area contributed by atoms with Gasteiger partial charge in [0.2, 0.25) is 0 Å². The molecule has 7 heteroatoms. The van der Waals surface area contributed by atoms with Crippen LogP contribution in [0.25, 0.3) is 0 Å². The summed E-state index contributed by atoms with van der Waals surface area (Å²) in [5, 5.41) is 4.96. The zero-order valence-corrected chi connectivity index (χ0v) is 11.0. The summed E-state index contributed by atoms with van der Waals surface area (Å²) >= 11 is 0. The van der Waals surface area contributed by atoms with Crippen molar-refractivity contribution in [3.8, 4) is 0 Å². The first-order valence-corrected chi connectivity index (χ1v) is 5.95. The molecule has 2 aromatic rings. The number of halogens is 3. The van der Waals surface area contributed by atoms with Crippen LogP contribution in [0.15, 0.2) is 30.3 Å². The van der Waals surface area contributed by atoms with E-state index in [1.807, 2.05) is 0 Å². The standard InChI is InChI=1S/C14H12F3N3O/c1-19-14(21)8-3-2-7(18)4-12(8)20-13-6-10(16)9(15)5-11(13)17/h2-6,20H,18H2,1H3,(H,19,21). The van der Waals surface area contributed by atoms with Gasteiger partial charge < -0.3 is 16.4 Å². The molecule has 0 heterocycles. The smallest absolute Gasteiger partial charge is 0.253 e. The van der Waals surface area contributed by atoms with Crippen molar-refractivity contribution in [3.05, 3.63) is 53.3 Å². The number of carbonyl (C=O) groups is 1. The fourth-order valence-electron chi connectivity index (χ4n) is 1.76. The van der Waals surface area contributed by atoms with Crippen LogP contribution < -0.4 is 16.4 Å². The van der Waals surface area contributed by atoms with Crippen molar-refractivity contribution >= 4 is 23.0 Å². The van der Waals surface area contributed by atoms with Gasteiger partial charge in [0.25, 0.3) is 5.91 Å². The topological polar surface area (TPSA) is 67.2 Å². The predicted octanol–water partition coefficient (Wildman–Crippen LogP) is 2.79. The number of anilines is 3. The number of hydrogen-bond acceptors (Lipinski definition) is 3.